The molecular formula is C27H25ClN2O3. The minimum Gasteiger partial charge on any atom is -0.273 e. The number of halogens is 1. The third-order valence-electron chi connectivity index (χ3n) is 6.33. The van der Waals surface area contributed by atoms with Crippen molar-refractivity contribution in [2.75, 3.05) is 9.96 Å². The standard InChI is InChI=1S/C27H25ClN2O3/c1-27(2,3)18-11-9-17(10-12-18)23-22-24(33-30(23)21-7-5-4-6-8-21)26(32)29(25(22)31)20-15-13-19(28)14-16-20/h4-16,22-24H,1-3H3/t22-,23-,24+/m1/s1. The fourth-order valence-corrected chi connectivity index (χ4v) is 4.70. The van der Waals surface area contributed by atoms with Gasteiger partial charge in [-0.25, -0.2) is 9.96 Å². The highest BCUT2D eigenvalue weighted by molar-refractivity contribution is 6.31. The molecule has 3 aromatic carbocycles. The SMILES string of the molecule is CC(C)(C)c1ccc([C@@H]2[C@H]3C(=O)N(c4ccc(Cl)cc4)C(=O)[C@H]3ON2c2ccccc2)cc1. The van der Waals surface area contributed by atoms with Gasteiger partial charge in [-0.2, -0.15) is 0 Å². The minimum absolute atomic E-state index is 0.0108. The lowest BCUT2D eigenvalue weighted by Crippen LogP contribution is -2.37. The Morgan fingerprint density at radius 1 is 0.788 bits per heavy atom. The van der Waals surface area contributed by atoms with Gasteiger partial charge in [0.2, 0.25) is 5.91 Å². The number of carbonyl (C=O) groups excluding carboxylic acids is 2. The summed E-state index contributed by atoms with van der Waals surface area (Å²) >= 11 is 6.00. The molecule has 2 aliphatic heterocycles. The highest BCUT2D eigenvalue weighted by Gasteiger charge is 2.60. The van der Waals surface area contributed by atoms with Gasteiger partial charge < -0.3 is 0 Å². The summed E-state index contributed by atoms with van der Waals surface area (Å²) in [6.07, 6.45) is -0.888. The number of fused-ring (bicyclic) bond motifs is 1. The van der Waals surface area contributed by atoms with Crippen molar-refractivity contribution in [3.63, 3.8) is 0 Å². The Morgan fingerprint density at radius 2 is 1.42 bits per heavy atom. The predicted octanol–water partition coefficient (Wildman–Crippen LogP) is 5.69. The van der Waals surface area contributed by atoms with Crippen LogP contribution in [0.2, 0.25) is 5.02 Å². The van der Waals surface area contributed by atoms with E-state index in [0.29, 0.717) is 10.7 Å². The van der Waals surface area contributed by atoms with Crippen molar-refractivity contribution in [2.45, 2.75) is 38.3 Å². The molecule has 5 rings (SSSR count). The first-order valence-electron chi connectivity index (χ1n) is 11.0. The maximum absolute atomic E-state index is 13.6. The molecule has 2 saturated heterocycles. The van der Waals surface area contributed by atoms with Crippen LogP contribution in [0.3, 0.4) is 0 Å². The summed E-state index contributed by atoms with van der Waals surface area (Å²) in [4.78, 5) is 34.4. The number of benzene rings is 3. The normalized spacial score (nSPS) is 22.7. The molecule has 168 valence electrons. The summed E-state index contributed by atoms with van der Waals surface area (Å²) in [6.45, 7) is 6.49. The van der Waals surface area contributed by atoms with Gasteiger partial charge in [0.15, 0.2) is 6.10 Å². The van der Waals surface area contributed by atoms with Gasteiger partial charge in [-0.1, -0.05) is 74.8 Å². The van der Waals surface area contributed by atoms with Gasteiger partial charge >= 0.3 is 0 Å². The van der Waals surface area contributed by atoms with E-state index in [2.05, 4.69) is 32.9 Å². The maximum atomic E-state index is 13.6. The fourth-order valence-electron chi connectivity index (χ4n) is 4.58. The second-order valence-electron chi connectivity index (χ2n) is 9.52. The molecule has 3 atom stereocenters. The fraction of sp³-hybridized carbons (Fsp3) is 0.259. The van der Waals surface area contributed by atoms with E-state index in [4.69, 9.17) is 16.4 Å². The Balaban J connectivity index is 1.57. The molecule has 0 radical (unpaired) electrons. The van der Waals surface area contributed by atoms with Crippen molar-refractivity contribution in [3.05, 3.63) is 95.0 Å². The van der Waals surface area contributed by atoms with E-state index in [-0.39, 0.29) is 17.2 Å². The van der Waals surface area contributed by atoms with Crippen LogP contribution < -0.4 is 9.96 Å². The van der Waals surface area contributed by atoms with Crippen LogP contribution in [-0.4, -0.2) is 17.9 Å². The summed E-state index contributed by atoms with van der Waals surface area (Å²) in [5.41, 5.74) is 3.44. The van der Waals surface area contributed by atoms with Gasteiger partial charge in [0.1, 0.15) is 5.92 Å². The van der Waals surface area contributed by atoms with Gasteiger partial charge in [-0.15, -0.1) is 0 Å². The molecule has 0 bridgehead atoms. The predicted molar refractivity (Wildman–Crippen MR) is 129 cm³/mol. The summed E-state index contributed by atoms with van der Waals surface area (Å²) in [5, 5.41) is 2.26. The molecule has 0 aromatic heterocycles. The number of para-hydroxylation sites is 1. The molecule has 33 heavy (non-hydrogen) atoms. The van der Waals surface area contributed by atoms with Crippen LogP contribution in [0.4, 0.5) is 11.4 Å². The molecule has 2 aliphatic rings. The maximum Gasteiger partial charge on any atom is 0.266 e. The van der Waals surface area contributed by atoms with Crippen LogP contribution in [0.25, 0.3) is 0 Å². The third-order valence-corrected chi connectivity index (χ3v) is 6.58. The lowest BCUT2D eigenvalue weighted by atomic mass is 9.84. The summed E-state index contributed by atoms with van der Waals surface area (Å²) < 4.78 is 0. The molecule has 0 spiro atoms. The zero-order valence-electron chi connectivity index (χ0n) is 18.7. The van der Waals surface area contributed by atoms with E-state index in [0.717, 1.165) is 11.3 Å². The van der Waals surface area contributed by atoms with Crippen LogP contribution in [-0.2, 0) is 19.8 Å². The molecule has 0 N–H and O–H groups in total. The second kappa shape index (κ2) is 8.01. The number of anilines is 2. The van der Waals surface area contributed by atoms with E-state index in [9.17, 15) is 9.59 Å². The Labute approximate surface area is 198 Å². The first kappa shape index (κ1) is 21.7. The molecule has 2 heterocycles. The van der Waals surface area contributed by atoms with Crippen molar-refractivity contribution in [1.82, 2.24) is 0 Å². The third kappa shape index (κ3) is 3.71. The van der Waals surface area contributed by atoms with E-state index >= 15 is 0 Å². The number of rotatable bonds is 3. The van der Waals surface area contributed by atoms with Crippen LogP contribution in [0, 0.1) is 5.92 Å². The zero-order chi connectivity index (χ0) is 23.3. The Hall–Kier alpha value is -3.15. The number of imide groups is 1. The van der Waals surface area contributed by atoms with Gasteiger partial charge in [0.05, 0.1) is 17.4 Å². The van der Waals surface area contributed by atoms with E-state index in [1.54, 1.807) is 29.3 Å². The van der Waals surface area contributed by atoms with Crippen LogP contribution in [0.5, 0.6) is 0 Å². The van der Waals surface area contributed by atoms with Gasteiger partial charge in [0, 0.05) is 5.02 Å². The molecule has 2 fully saturated rings. The first-order chi connectivity index (χ1) is 15.8. The average Bonchev–Trinajstić information content (AvgIpc) is 3.31. The zero-order valence-corrected chi connectivity index (χ0v) is 19.5. The largest absolute Gasteiger partial charge is 0.273 e. The molecule has 6 heteroatoms. The number of hydroxylamine groups is 1. The number of hydrogen-bond acceptors (Lipinski definition) is 4. The van der Waals surface area contributed by atoms with E-state index in [1.807, 2.05) is 42.5 Å². The highest BCUT2D eigenvalue weighted by Crippen LogP contribution is 2.47. The van der Waals surface area contributed by atoms with Gasteiger partial charge in [0.25, 0.3) is 5.91 Å². The summed E-state index contributed by atoms with van der Waals surface area (Å²) in [6, 6.07) is 24.1. The highest BCUT2D eigenvalue weighted by atomic mass is 35.5. The first-order valence-corrected chi connectivity index (χ1v) is 11.4. The van der Waals surface area contributed by atoms with Crippen molar-refractivity contribution < 1.29 is 14.4 Å². The topological polar surface area (TPSA) is 49.9 Å². The molecule has 2 amide bonds. The molecule has 3 aromatic rings. The van der Waals surface area contributed by atoms with Crippen LogP contribution in [0.15, 0.2) is 78.9 Å². The van der Waals surface area contributed by atoms with Gasteiger partial charge in [-0.3, -0.25) is 14.4 Å². The summed E-state index contributed by atoms with van der Waals surface area (Å²) in [5.74, 6) is -1.29. The molecule has 0 unspecified atom stereocenters. The van der Waals surface area contributed by atoms with Crippen molar-refractivity contribution in [3.8, 4) is 0 Å². The lowest BCUT2D eigenvalue weighted by molar-refractivity contribution is -0.126. The molecular weight excluding hydrogens is 436 g/mol. The van der Waals surface area contributed by atoms with Crippen LogP contribution >= 0.6 is 11.6 Å². The molecule has 5 nitrogen and oxygen atoms in total. The second-order valence-corrected chi connectivity index (χ2v) is 9.95. The smallest absolute Gasteiger partial charge is 0.266 e. The number of carbonyl (C=O) groups is 2. The Bertz CT molecular complexity index is 1190. The average molecular weight is 461 g/mol. The van der Waals surface area contributed by atoms with Crippen molar-refractivity contribution >= 4 is 34.8 Å². The number of hydrogen-bond donors (Lipinski definition) is 0. The van der Waals surface area contributed by atoms with Gasteiger partial charge in [-0.05, 0) is 52.9 Å². The Kier molecular flexibility index (Phi) is 5.26. The monoisotopic (exact) mass is 460 g/mol. The van der Waals surface area contributed by atoms with Crippen molar-refractivity contribution in [1.29, 1.82) is 0 Å². The Morgan fingerprint density at radius 3 is 2.03 bits per heavy atom. The summed E-state index contributed by atoms with van der Waals surface area (Å²) in [7, 11) is 0. The number of amides is 2. The van der Waals surface area contributed by atoms with Crippen LogP contribution in [0.1, 0.15) is 37.9 Å². The molecule has 0 saturated carbocycles. The molecule has 0 aliphatic carbocycles. The van der Waals surface area contributed by atoms with E-state index < -0.39 is 18.1 Å². The van der Waals surface area contributed by atoms with Crippen molar-refractivity contribution in [2.24, 2.45) is 5.92 Å². The lowest BCUT2D eigenvalue weighted by Gasteiger charge is -2.29. The quantitative estimate of drug-likeness (QED) is 0.471. The number of nitrogens with zero attached hydrogens (tertiary/aromatic N) is 2. The van der Waals surface area contributed by atoms with E-state index in [1.165, 1.54) is 10.5 Å². The minimum atomic E-state index is -0.888.